The Hall–Kier alpha value is -9.42. The summed E-state index contributed by atoms with van der Waals surface area (Å²) in [6.45, 7) is 8.05. The lowest BCUT2D eigenvalue weighted by atomic mass is 9.85. The van der Waals surface area contributed by atoms with Crippen molar-refractivity contribution in [3.8, 4) is 56.5 Å². The average Bonchev–Trinajstić information content (AvgIpc) is 4.04. The predicted molar refractivity (Wildman–Crippen MR) is 277 cm³/mol. The van der Waals surface area contributed by atoms with Crippen molar-refractivity contribution < 1.29 is 0 Å². The van der Waals surface area contributed by atoms with Crippen molar-refractivity contribution in [2.24, 2.45) is 0 Å². The number of nitriles is 1. The van der Waals surface area contributed by atoms with Crippen LogP contribution in [0.5, 0.6) is 0 Å². The lowest BCUT2D eigenvalue weighted by molar-refractivity contribution is 1.10. The number of benzene rings is 10. The molecule has 5 heteroatoms. The number of hydrogen-bond acceptors (Lipinski definition) is 1. The second kappa shape index (κ2) is 15.1. The number of nitrogens with zero attached hydrogens (tertiary/aromatic N) is 5. The highest BCUT2D eigenvalue weighted by Crippen LogP contribution is 2.54. The Morgan fingerprint density at radius 2 is 0.582 bits per heavy atom. The van der Waals surface area contributed by atoms with Crippen LogP contribution in [0.3, 0.4) is 0 Å². The van der Waals surface area contributed by atoms with E-state index in [2.05, 4.69) is 225 Å². The highest BCUT2D eigenvalue weighted by Gasteiger charge is 2.33. The summed E-state index contributed by atoms with van der Waals surface area (Å²) < 4.78 is 7.45. The largest absolute Gasteiger partial charge is 0.308 e. The maximum atomic E-state index is 10.2. The highest BCUT2D eigenvalue weighted by atomic mass is 15.1. The van der Waals surface area contributed by atoms with Gasteiger partial charge < -0.3 is 13.7 Å². The van der Waals surface area contributed by atoms with E-state index in [-0.39, 0.29) is 0 Å². The van der Waals surface area contributed by atoms with Gasteiger partial charge in [-0.05, 0) is 65.2 Å². The summed E-state index contributed by atoms with van der Waals surface area (Å²) in [6.07, 6.45) is 0. The van der Waals surface area contributed by atoms with Gasteiger partial charge in [0.2, 0.25) is 0 Å². The molecule has 0 aliphatic carbocycles. The minimum absolute atomic E-state index is 0.568. The van der Waals surface area contributed by atoms with Crippen LogP contribution >= 0.6 is 0 Å². The standard InChI is InChI=1S/C62H37N5/c1-64-44-37-35-43(36-38-44)59-61(66-53-27-13-7-21-47(53)48-22-8-14-28-54(48)66)57(41-17-3-2-4-18-41)60(65-51-25-11-5-19-45(51)46-20-6-12-26-52(46)65)58(42-33-31-40(39-63)32-34-42)62(59)67-55-29-15-9-23-49(55)50-24-10-16-30-56(50)67/h2-38H. The predicted octanol–water partition coefficient (Wildman–Crippen LogP) is 16.4. The molecule has 0 bridgehead atoms. The molecule has 10 aromatic carbocycles. The average molecular weight is 852 g/mol. The molecule has 310 valence electrons. The zero-order valence-corrected chi connectivity index (χ0v) is 36.1. The van der Waals surface area contributed by atoms with Crippen LogP contribution in [0.4, 0.5) is 5.69 Å². The Morgan fingerprint density at radius 3 is 0.881 bits per heavy atom. The number of aromatic nitrogens is 3. The SMILES string of the molecule is [C-]#[N+]c1ccc(-c2c(-n3c4ccccc4c4ccccc43)c(-c3ccccc3)c(-n3c4ccccc4c4ccccc43)c(-c3ccc(C#N)cc3)c2-n2c3ccccc3c3ccccc32)cc1. The van der Waals surface area contributed by atoms with Crippen molar-refractivity contribution >= 4 is 71.1 Å². The molecule has 0 saturated heterocycles. The van der Waals surface area contributed by atoms with E-state index in [9.17, 15) is 5.26 Å². The zero-order valence-electron chi connectivity index (χ0n) is 36.1. The molecule has 0 unspecified atom stereocenters. The molecular formula is C62H37N5. The van der Waals surface area contributed by atoms with E-state index in [1.54, 1.807) is 0 Å². The van der Waals surface area contributed by atoms with E-state index < -0.39 is 0 Å². The fourth-order valence-electron chi connectivity index (χ4n) is 10.7. The summed E-state index contributed by atoms with van der Waals surface area (Å²) in [7, 11) is 0. The monoisotopic (exact) mass is 851 g/mol. The molecule has 0 N–H and O–H groups in total. The van der Waals surface area contributed by atoms with Crippen molar-refractivity contribution in [1.29, 1.82) is 5.26 Å². The van der Waals surface area contributed by atoms with Gasteiger partial charge in [0, 0.05) is 49.0 Å². The van der Waals surface area contributed by atoms with Gasteiger partial charge in [-0.25, -0.2) is 4.85 Å². The van der Waals surface area contributed by atoms with E-state index in [4.69, 9.17) is 6.57 Å². The van der Waals surface area contributed by atoms with Crippen LogP contribution in [0.15, 0.2) is 224 Å². The molecule has 0 saturated carbocycles. The topological polar surface area (TPSA) is 42.9 Å². The third kappa shape index (κ3) is 5.66. The number of hydrogen-bond donors (Lipinski definition) is 0. The van der Waals surface area contributed by atoms with E-state index in [0.717, 1.165) is 116 Å². The van der Waals surface area contributed by atoms with Crippen LogP contribution < -0.4 is 0 Å². The summed E-state index contributed by atoms with van der Waals surface area (Å²) in [5, 5.41) is 17.1. The molecule has 5 nitrogen and oxygen atoms in total. The second-order valence-corrected chi connectivity index (χ2v) is 17.0. The Kier molecular flexibility index (Phi) is 8.58. The number of fused-ring (bicyclic) bond motifs is 9. The number of para-hydroxylation sites is 6. The van der Waals surface area contributed by atoms with Crippen molar-refractivity contribution in [2.75, 3.05) is 0 Å². The summed E-state index contributed by atoms with van der Waals surface area (Å²) in [5.74, 6) is 0. The molecule has 0 spiro atoms. The highest BCUT2D eigenvalue weighted by molar-refractivity contribution is 6.18. The van der Waals surface area contributed by atoms with Gasteiger partial charge in [0.1, 0.15) is 0 Å². The van der Waals surface area contributed by atoms with Gasteiger partial charge in [0.15, 0.2) is 5.69 Å². The van der Waals surface area contributed by atoms with Crippen molar-refractivity contribution in [3.05, 3.63) is 241 Å². The molecule has 13 aromatic rings. The molecule has 13 rings (SSSR count). The third-order valence-corrected chi connectivity index (χ3v) is 13.5. The van der Waals surface area contributed by atoms with Gasteiger partial charge >= 0.3 is 0 Å². The smallest absolute Gasteiger partial charge is 0.187 e. The van der Waals surface area contributed by atoms with Crippen LogP contribution in [-0.2, 0) is 0 Å². The van der Waals surface area contributed by atoms with Crippen molar-refractivity contribution in [2.45, 2.75) is 0 Å². The van der Waals surface area contributed by atoms with Gasteiger partial charge in [-0.1, -0.05) is 176 Å². The normalized spacial score (nSPS) is 11.6. The molecule has 3 heterocycles. The van der Waals surface area contributed by atoms with E-state index in [1.165, 1.54) is 0 Å². The van der Waals surface area contributed by atoms with Crippen LogP contribution in [0, 0.1) is 17.9 Å². The first kappa shape index (κ1) is 38.1. The maximum absolute atomic E-state index is 10.2. The Labute approximate surface area is 386 Å². The van der Waals surface area contributed by atoms with Crippen molar-refractivity contribution in [1.82, 2.24) is 13.7 Å². The minimum Gasteiger partial charge on any atom is -0.308 e. The molecule has 0 atom stereocenters. The van der Waals surface area contributed by atoms with Gasteiger partial charge in [-0.2, -0.15) is 5.26 Å². The van der Waals surface area contributed by atoms with E-state index >= 15 is 0 Å². The van der Waals surface area contributed by atoms with Crippen molar-refractivity contribution in [3.63, 3.8) is 0 Å². The van der Waals surface area contributed by atoms with Crippen LogP contribution in [0.2, 0.25) is 0 Å². The first-order valence-electron chi connectivity index (χ1n) is 22.5. The fraction of sp³-hybridized carbons (Fsp3) is 0. The summed E-state index contributed by atoms with van der Waals surface area (Å²) in [6, 6.07) is 81.8. The Bertz CT molecular complexity index is 3850. The molecule has 67 heavy (non-hydrogen) atoms. The number of rotatable bonds is 6. The molecule has 0 radical (unpaired) electrons. The van der Waals surface area contributed by atoms with Crippen LogP contribution in [0.25, 0.3) is 121 Å². The van der Waals surface area contributed by atoms with Gasteiger partial charge in [-0.3, -0.25) is 0 Å². The molecular weight excluding hydrogens is 815 g/mol. The summed E-state index contributed by atoms with van der Waals surface area (Å²) in [4.78, 5) is 3.88. The molecule has 0 fully saturated rings. The molecule has 3 aromatic heterocycles. The third-order valence-electron chi connectivity index (χ3n) is 13.5. The molecule has 0 aliphatic heterocycles. The van der Waals surface area contributed by atoms with Gasteiger partial charge in [0.25, 0.3) is 0 Å². The summed E-state index contributed by atoms with van der Waals surface area (Å²) >= 11 is 0. The molecule has 0 amide bonds. The lowest BCUT2D eigenvalue weighted by Crippen LogP contribution is -2.13. The first-order chi connectivity index (χ1) is 33.2. The lowest BCUT2D eigenvalue weighted by Gasteiger charge is -2.31. The van der Waals surface area contributed by atoms with Crippen LogP contribution in [0.1, 0.15) is 5.56 Å². The van der Waals surface area contributed by atoms with Gasteiger partial charge in [-0.15, -0.1) is 0 Å². The zero-order chi connectivity index (χ0) is 44.6. The first-order valence-corrected chi connectivity index (χ1v) is 22.5. The Morgan fingerprint density at radius 1 is 0.313 bits per heavy atom. The maximum Gasteiger partial charge on any atom is 0.187 e. The minimum atomic E-state index is 0.568. The van der Waals surface area contributed by atoms with Crippen LogP contribution in [-0.4, -0.2) is 13.7 Å². The molecule has 0 aliphatic rings. The fourth-order valence-corrected chi connectivity index (χ4v) is 10.7. The van der Waals surface area contributed by atoms with E-state index in [1.807, 2.05) is 24.3 Å². The van der Waals surface area contributed by atoms with E-state index in [0.29, 0.717) is 11.3 Å². The Balaban J connectivity index is 1.42. The van der Waals surface area contributed by atoms with Gasteiger partial charge in [0.05, 0.1) is 68.4 Å². The summed E-state index contributed by atoms with van der Waals surface area (Å²) in [5.41, 5.74) is 16.5. The second-order valence-electron chi connectivity index (χ2n) is 17.0. The quantitative estimate of drug-likeness (QED) is 0.154.